The van der Waals surface area contributed by atoms with E-state index in [-0.39, 0.29) is 23.7 Å². The third-order valence-corrected chi connectivity index (χ3v) is 6.00. The van der Waals surface area contributed by atoms with Gasteiger partial charge < -0.3 is 19.3 Å². The highest BCUT2D eigenvalue weighted by Gasteiger charge is 2.41. The van der Waals surface area contributed by atoms with Gasteiger partial charge in [-0.15, -0.1) is 0 Å². The van der Waals surface area contributed by atoms with E-state index in [4.69, 9.17) is 14.2 Å². The maximum Gasteiger partial charge on any atom is 0.161 e. The quantitative estimate of drug-likeness (QED) is 0.832. The molecule has 0 bridgehead atoms. The van der Waals surface area contributed by atoms with Crippen molar-refractivity contribution in [2.75, 3.05) is 26.8 Å². The summed E-state index contributed by atoms with van der Waals surface area (Å²) in [5.41, 5.74) is 2.15. The minimum absolute atomic E-state index is 0.0180. The van der Waals surface area contributed by atoms with Gasteiger partial charge in [0.2, 0.25) is 0 Å². The maximum absolute atomic E-state index is 13.1. The van der Waals surface area contributed by atoms with Gasteiger partial charge in [0.1, 0.15) is 6.17 Å². The van der Waals surface area contributed by atoms with E-state index in [1.807, 2.05) is 32.9 Å². The van der Waals surface area contributed by atoms with Crippen LogP contribution in [0.4, 0.5) is 4.39 Å². The number of piperidine rings is 1. The van der Waals surface area contributed by atoms with Crippen molar-refractivity contribution >= 4 is 0 Å². The Labute approximate surface area is 166 Å². The fourth-order valence-corrected chi connectivity index (χ4v) is 4.41. The van der Waals surface area contributed by atoms with Crippen LogP contribution in [-0.2, 0) is 11.2 Å². The van der Waals surface area contributed by atoms with Crippen molar-refractivity contribution in [3.05, 3.63) is 23.3 Å². The van der Waals surface area contributed by atoms with Crippen LogP contribution in [0.25, 0.3) is 0 Å². The first-order valence-corrected chi connectivity index (χ1v) is 10.3. The molecule has 0 unspecified atom stereocenters. The van der Waals surface area contributed by atoms with Crippen molar-refractivity contribution in [2.24, 2.45) is 5.92 Å². The fourth-order valence-electron chi connectivity index (χ4n) is 4.41. The molecule has 3 aliphatic rings. The van der Waals surface area contributed by atoms with Crippen LogP contribution in [-0.4, -0.2) is 60.8 Å². The smallest absolute Gasteiger partial charge is 0.161 e. The molecule has 1 N–H and O–H groups in total. The number of alkyl halides is 1. The number of aliphatic hydroxyl groups is 1. The summed E-state index contributed by atoms with van der Waals surface area (Å²) < 4.78 is 30.7. The van der Waals surface area contributed by atoms with Gasteiger partial charge >= 0.3 is 0 Å². The Balaban J connectivity index is 1.52. The Morgan fingerprint density at radius 1 is 1.21 bits per heavy atom. The molecule has 0 spiro atoms. The zero-order valence-corrected chi connectivity index (χ0v) is 17.3. The lowest BCUT2D eigenvalue weighted by Gasteiger charge is -2.46. The molecule has 5 atom stereocenters. The molecule has 1 saturated heterocycles. The van der Waals surface area contributed by atoms with Crippen LogP contribution >= 0.6 is 0 Å². The lowest BCUT2D eigenvalue weighted by molar-refractivity contribution is -0.149. The Bertz CT molecular complexity index is 719. The topological polar surface area (TPSA) is 51.2 Å². The minimum atomic E-state index is -0.718. The number of hydrogen-bond donors (Lipinski definition) is 1. The second-order valence-electron chi connectivity index (χ2n) is 9.36. The Hall–Kier alpha value is -1.37. The molecule has 1 saturated carbocycles. The first-order valence-electron chi connectivity index (χ1n) is 10.3. The van der Waals surface area contributed by atoms with E-state index in [0.717, 1.165) is 19.5 Å². The number of fused-ring (bicyclic) bond motifs is 3. The summed E-state index contributed by atoms with van der Waals surface area (Å²) in [6, 6.07) is 4.24. The third kappa shape index (κ3) is 4.14. The number of nitrogens with zero attached hydrogens (tertiary/aromatic N) is 1. The summed E-state index contributed by atoms with van der Waals surface area (Å²) in [4.78, 5) is 2.41. The molecule has 1 aliphatic carbocycles. The van der Waals surface area contributed by atoms with Crippen molar-refractivity contribution in [1.82, 2.24) is 4.90 Å². The van der Waals surface area contributed by atoms with E-state index in [9.17, 15) is 9.50 Å². The van der Waals surface area contributed by atoms with E-state index in [1.165, 1.54) is 11.1 Å². The van der Waals surface area contributed by atoms with E-state index in [2.05, 4.69) is 4.90 Å². The number of hydrogen-bond acceptors (Lipinski definition) is 5. The largest absolute Gasteiger partial charge is 0.493 e. The van der Waals surface area contributed by atoms with Crippen molar-refractivity contribution in [1.29, 1.82) is 0 Å². The maximum atomic E-state index is 13.1. The number of benzene rings is 1. The zero-order valence-electron chi connectivity index (χ0n) is 17.3. The number of methoxy groups -OCH3 is 1. The van der Waals surface area contributed by atoms with Gasteiger partial charge in [-0.1, -0.05) is 0 Å². The number of halogens is 1. The lowest BCUT2D eigenvalue weighted by atomic mass is 9.84. The van der Waals surface area contributed by atoms with Crippen molar-refractivity contribution < 1.29 is 23.7 Å². The average molecular weight is 393 g/mol. The van der Waals surface area contributed by atoms with Crippen LogP contribution in [0.15, 0.2) is 12.1 Å². The average Bonchev–Trinajstić information content (AvgIpc) is 3.34. The van der Waals surface area contributed by atoms with E-state index in [1.54, 1.807) is 7.11 Å². The number of rotatable bonds is 5. The summed E-state index contributed by atoms with van der Waals surface area (Å²) in [6.07, 6.45) is 0.769. The molecule has 0 aromatic heterocycles. The van der Waals surface area contributed by atoms with Gasteiger partial charge in [0.25, 0.3) is 0 Å². The Morgan fingerprint density at radius 2 is 1.96 bits per heavy atom. The summed E-state index contributed by atoms with van der Waals surface area (Å²) in [5, 5.41) is 10.7. The molecule has 1 aromatic carbocycles. The Morgan fingerprint density at radius 3 is 2.61 bits per heavy atom. The molecule has 2 fully saturated rings. The predicted molar refractivity (Wildman–Crippen MR) is 105 cm³/mol. The second kappa shape index (κ2) is 7.47. The van der Waals surface area contributed by atoms with Crippen LogP contribution in [0, 0.1) is 5.92 Å². The molecule has 1 aromatic rings. The van der Waals surface area contributed by atoms with Crippen LogP contribution in [0.5, 0.6) is 11.5 Å². The molecule has 4 rings (SSSR count). The summed E-state index contributed by atoms with van der Waals surface area (Å²) in [7, 11) is 1.63. The third-order valence-electron chi connectivity index (χ3n) is 6.00. The van der Waals surface area contributed by atoms with Gasteiger partial charge in [0, 0.05) is 25.0 Å². The van der Waals surface area contributed by atoms with Crippen molar-refractivity contribution in [2.45, 2.75) is 70.1 Å². The highest BCUT2D eigenvalue weighted by Crippen LogP contribution is 2.43. The van der Waals surface area contributed by atoms with Crippen LogP contribution in [0.1, 0.15) is 50.8 Å². The molecular weight excluding hydrogens is 361 g/mol. The first kappa shape index (κ1) is 19.9. The van der Waals surface area contributed by atoms with Crippen LogP contribution in [0.3, 0.4) is 0 Å². The molecule has 2 aliphatic heterocycles. The van der Waals surface area contributed by atoms with Crippen molar-refractivity contribution in [3.8, 4) is 11.5 Å². The monoisotopic (exact) mass is 393 g/mol. The van der Waals surface area contributed by atoms with E-state index in [0.29, 0.717) is 30.9 Å². The van der Waals surface area contributed by atoms with Gasteiger partial charge in [-0.25, -0.2) is 4.39 Å². The van der Waals surface area contributed by atoms with Gasteiger partial charge in [-0.3, -0.25) is 4.90 Å². The SMILES string of the molecule is COc1cc2c(cc1OC[C@@H]1C[C@H]1F)CCN1C[C@@H](OC(C)(C)C)[C@H](O)C[C@H]21. The standard InChI is InChI=1S/C22H32FNO4/c1-22(2,3)28-21-11-24-6-5-13-8-20(27-12-14-7-16(14)23)19(26-4)9-15(13)17(24)10-18(21)25/h8-9,14,16-18,21,25H,5-7,10-12H2,1-4H3/t14-,16+,17+,18+,21+/m0/s1. The first-order chi connectivity index (χ1) is 13.2. The predicted octanol–water partition coefficient (Wildman–Crippen LogP) is 3.28. The molecule has 0 amide bonds. The second-order valence-corrected chi connectivity index (χ2v) is 9.36. The van der Waals surface area contributed by atoms with Gasteiger partial charge in [-0.2, -0.15) is 0 Å². The normalized spacial score (nSPS) is 32.4. The van der Waals surface area contributed by atoms with E-state index >= 15 is 0 Å². The van der Waals surface area contributed by atoms with E-state index < -0.39 is 12.3 Å². The Kier molecular flexibility index (Phi) is 5.31. The molecule has 28 heavy (non-hydrogen) atoms. The number of aliphatic hydroxyl groups excluding tert-OH is 1. The van der Waals surface area contributed by atoms with Gasteiger partial charge in [0.15, 0.2) is 11.5 Å². The summed E-state index contributed by atoms with van der Waals surface area (Å²) >= 11 is 0. The zero-order chi connectivity index (χ0) is 20.1. The van der Waals surface area contributed by atoms with Gasteiger partial charge in [-0.05, 0) is 63.3 Å². The van der Waals surface area contributed by atoms with Crippen molar-refractivity contribution in [3.63, 3.8) is 0 Å². The summed E-state index contributed by atoms with van der Waals surface area (Å²) in [5.74, 6) is 1.39. The fraction of sp³-hybridized carbons (Fsp3) is 0.727. The minimum Gasteiger partial charge on any atom is -0.493 e. The molecule has 156 valence electrons. The number of ether oxygens (including phenoxy) is 3. The highest BCUT2D eigenvalue weighted by molar-refractivity contribution is 5.49. The molecule has 2 heterocycles. The molecule has 5 nitrogen and oxygen atoms in total. The van der Waals surface area contributed by atoms with Crippen LogP contribution < -0.4 is 9.47 Å². The molecule has 0 radical (unpaired) electrons. The molecular formula is C22H32FNO4. The van der Waals surface area contributed by atoms with Gasteiger partial charge in [0.05, 0.1) is 31.5 Å². The molecule has 6 heteroatoms. The van der Waals surface area contributed by atoms with Crippen LogP contribution in [0.2, 0.25) is 0 Å². The highest BCUT2D eigenvalue weighted by atomic mass is 19.1. The summed E-state index contributed by atoms with van der Waals surface area (Å²) in [6.45, 7) is 8.12. The lowest BCUT2D eigenvalue weighted by Crippen LogP contribution is -2.53.